The maximum atomic E-state index is 5.66. The Morgan fingerprint density at radius 1 is 1.69 bits per heavy atom. The molecule has 0 aromatic carbocycles. The molecule has 0 bridgehead atoms. The molecule has 0 radical (unpaired) electrons. The van der Waals surface area contributed by atoms with Crippen molar-refractivity contribution in [2.24, 2.45) is 11.7 Å². The van der Waals surface area contributed by atoms with Gasteiger partial charge in [0, 0.05) is 19.2 Å². The van der Waals surface area contributed by atoms with Crippen LogP contribution in [-0.4, -0.2) is 32.3 Å². The first kappa shape index (κ1) is 10.5. The van der Waals surface area contributed by atoms with E-state index in [0.717, 1.165) is 19.6 Å². The molecule has 1 fully saturated rings. The van der Waals surface area contributed by atoms with Gasteiger partial charge in [-0.05, 0) is 18.8 Å². The van der Waals surface area contributed by atoms with Crippen molar-refractivity contribution in [3.05, 3.63) is 0 Å². The van der Waals surface area contributed by atoms with E-state index in [2.05, 4.69) is 11.2 Å². The van der Waals surface area contributed by atoms with E-state index in [1.54, 1.807) is 0 Å². The van der Waals surface area contributed by atoms with E-state index >= 15 is 0 Å². The molecule has 3 heteroatoms. The number of ether oxygens (including phenoxy) is 1. The van der Waals surface area contributed by atoms with Crippen molar-refractivity contribution >= 4 is 0 Å². The number of nitrogens with two attached hydrogens (primary N) is 1. The van der Waals surface area contributed by atoms with Gasteiger partial charge < -0.3 is 15.8 Å². The molecule has 1 saturated heterocycles. The van der Waals surface area contributed by atoms with Gasteiger partial charge in [0.2, 0.25) is 0 Å². The normalized spacial score (nSPS) is 25.1. The van der Waals surface area contributed by atoms with Gasteiger partial charge >= 0.3 is 0 Å². The summed E-state index contributed by atoms with van der Waals surface area (Å²) in [7, 11) is 0. The Balaban J connectivity index is 2.31. The molecule has 1 aliphatic heterocycles. The fourth-order valence-corrected chi connectivity index (χ4v) is 1.72. The summed E-state index contributed by atoms with van der Waals surface area (Å²) in [6.45, 7) is 2.94. The Labute approximate surface area is 80.0 Å². The molecule has 2 unspecified atom stereocenters. The van der Waals surface area contributed by atoms with E-state index in [1.807, 2.05) is 0 Å². The first-order valence-corrected chi connectivity index (χ1v) is 4.83. The van der Waals surface area contributed by atoms with Crippen LogP contribution in [0.5, 0.6) is 0 Å². The van der Waals surface area contributed by atoms with Gasteiger partial charge in [0.1, 0.15) is 0 Å². The van der Waals surface area contributed by atoms with Crippen LogP contribution in [0.4, 0.5) is 0 Å². The number of nitrogens with one attached hydrogen (secondary N) is 1. The molecule has 13 heavy (non-hydrogen) atoms. The highest BCUT2D eigenvalue weighted by molar-refractivity contribution is 4.90. The van der Waals surface area contributed by atoms with Crippen molar-refractivity contribution in [2.45, 2.75) is 18.9 Å². The average molecular weight is 182 g/mol. The van der Waals surface area contributed by atoms with E-state index in [-0.39, 0.29) is 0 Å². The van der Waals surface area contributed by atoms with Gasteiger partial charge in [0.25, 0.3) is 0 Å². The molecule has 0 aliphatic carbocycles. The van der Waals surface area contributed by atoms with Crippen LogP contribution in [-0.2, 0) is 4.74 Å². The lowest BCUT2D eigenvalue weighted by atomic mass is 9.94. The number of hydrogen-bond acceptors (Lipinski definition) is 3. The van der Waals surface area contributed by atoms with Crippen molar-refractivity contribution in [2.75, 3.05) is 26.3 Å². The van der Waals surface area contributed by atoms with Crippen molar-refractivity contribution in [1.29, 1.82) is 0 Å². The van der Waals surface area contributed by atoms with Gasteiger partial charge in [-0.1, -0.05) is 5.92 Å². The smallest absolute Gasteiger partial charge is 0.0576 e. The third-order valence-electron chi connectivity index (χ3n) is 2.48. The summed E-state index contributed by atoms with van der Waals surface area (Å²) in [5, 5.41) is 3.25. The Morgan fingerprint density at radius 2 is 2.54 bits per heavy atom. The number of terminal acetylenes is 1. The quantitative estimate of drug-likeness (QED) is 0.600. The minimum atomic E-state index is 0.316. The molecule has 0 aromatic rings. The number of rotatable bonds is 4. The molecular formula is C10H18N2O. The van der Waals surface area contributed by atoms with E-state index in [4.69, 9.17) is 16.9 Å². The Bertz CT molecular complexity index is 170. The molecule has 1 rings (SSSR count). The largest absolute Gasteiger partial charge is 0.381 e. The summed E-state index contributed by atoms with van der Waals surface area (Å²) in [5.74, 6) is 3.10. The monoisotopic (exact) mass is 182 g/mol. The summed E-state index contributed by atoms with van der Waals surface area (Å²) < 4.78 is 5.40. The van der Waals surface area contributed by atoms with Gasteiger partial charge in [-0.2, -0.15) is 0 Å². The lowest BCUT2D eigenvalue weighted by Crippen LogP contribution is -2.45. The van der Waals surface area contributed by atoms with Crippen molar-refractivity contribution in [3.8, 4) is 12.3 Å². The summed E-state index contributed by atoms with van der Waals surface area (Å²) in [5.41, 5.74) is 5.66. The highest BCUT2D eigenvalue weighted by Gasteiger charge is 2.22. The first-order chi connectivity index (χ1) is 6.38. The van der Waals surface area contributed by atoms with Crippen LogP contribution >= 0.6 is 0 Å². The van der Waals surface area contributed by atoms with Gasteiger partial charge in [-0.25, -0.2) is 0 Å². The highest BCUT2D eigenvalue weighted by Crippen LogP contribution is 2.16. The van der Waals surface area contributed by atoms with Crippen molar-refractivity contribution in [3.63, 3.8) is 0 Å². The van der Waals surface area contributed by atoms with Crippen LogP contribution in [0.15, 0.2) is 0 Å². The minimum absolute atomic E-state index is 0.316. The van der Waals surface area contributed by atoms with Gasteiger partial charge in [-0.15, -0.1) is 6.42 Å². The molecular weight excluding hydrogens is 164 g/mol. The van der Waals surface area contributed by atoms with Crippen LogP contribution in [0.2, 0.25) is 0 Å². The van der Waals surface area contributed by atoms with Crippen LogP contribution < -0.4 is 11.1 Å². The van der Waals surface area contributed by atoms with E-state index in [0.29, 0.717) is 25.0 Å². The van der Waals surface area contributed by atoms with Crippen LogP contribution in [0.3, 0.4) is 0 Å². The van der Waals surface area contributed by atoms with Crippen LogP contribution in [0.25, 0.3) is 0 Å². The lowest BCUT2D eigenvalue weighted by molar-refractivity contribution is 0.0412. The standard InChI is InChI=1S/C10H18N2O/c1-2-5-12-10(7-11)9-4-3-6-13-8-9/h1,9-10,12H,3-8,11H2. The second kappa shape index (κ2) is 5.98. The van der Waals surface area contributed by atoms with Gasteiger partial charge in [0.05, 0.1) is 13.2 Å². The van der Waals surface area contributed by atoms with E-state index in [9.17, 15) is 0 Å². The SMILES string of the molecule is C#CCNC(CN)C1CCCOC1. The zero-order valence-electron chi connectivity index (χ0n) is 7.96. The molecule has 0 aromatic heterocycles. The van der Waals surface area contributed by atoms with Crippen LogP contribution in [0, 0.1) is 18.3 Å². The molecule has 74 valence electrons. The second-order valence-electron chi connectivity index (χ2n) is 3.40. The lowest BCUT2D eigenvalue weighted by Gasteiger charge is -2.29. The second-order valence-corrected chi connectivity index (χ2v) is 3.40. The van der Waals surface area contributed by atoms with Crippen molar-refractivity contribution < 1.29 is 4.74 Å². The topological polar surface area (TPSA) is 47.3 Å². The Kier molecular flexibility index (Phi) is 4.84. The fourth-order valence-electron chi connectivity index (χ4n) is 1.72. The Morgan fingerprint density at radius 3 is 3.08 bits per heavy atom. The van der Waals surface area contributed by atoms with Gasteiger partial charge in [0.15, 0.2) is 0 Å². The van der Waals surface area contributed by atoms with E-state index in [1.165, 1.54) is 6.42 Å². The van der Waals surface area contributed by atoms with Crippen LogP contribution in [0.1, 0.15) is 12.8 Å². The molecule has 0 spiro atoms. The molecule has 3 N–H and O–H groups in total. The third-order valence-corrected chi connectivity index (χ3v) is 2.48. The number of hydrogen-bond donors (Lipinski definition) is 2. The summed E-state index contributed by atoms with van der Waals surface area (Å²) in [6.07, 6.45) is 7.51. The summed E-state index contributed by atoms with van der Waals surface area (Å²) in [4.78, 5) is 0. The maximum absolute atomic E-state index is 5.66. The highest BCUT2D eigenvalue weighted by atomic mass is 16.5. The first-order valence-electron chi connectivity index (χ1n) is 4.83. The summed E-state index contributed by atoms with van der Waals surface area (Å²) >= 11 is 0. The molecule has 1 heterocycles. The van der Waals surface area contributed by atoms with Gasteiger partial charge in [-0.3, -0.25) is 0 Å². The molecule has 2 atom stereocenters. The minimum Gasteiger partial charge on any atom is -0.381 e. The van der Waals surface area contributed by atoms with E-state index < -0.39 is 0 Å². The summed E-state index contributed by atoms with van der Waals surface area (Å²) in [6, 6.07) is 0.316. The third kappa shape index (κ3) is 3.35. The zero-order chi connectivity index (χ0) is 9.52. The average Bonchev–Trinajstić information content (AvgIpc) is 2.21. The Hall–Kier alpha value is -0.560. The molecule has 3 nitrogen and oxygen atoms in total. The predicted molar refractivity (Wildman–Crippen MR) is 53.2 cm³/mol. The maximum Gasteiger partial charge on any atom is 0.0576 e. The zero-order valence-corrected chi connectivity index (χ0v) is 7.96. The molecule has 1 aliphatic rings. The molecule has 0 saturated carbocycles. The van der Waals surface area contributed by atoms with Crippen molar-refractivity contribution in [1.82, 2.24) is 5.32 Å². The fraction of sp³-hybridized carbons (Fsp3) is 0.800. The predicted octanol–water partition coefficient (Wildman–Crippen LogP) is -0.0369. The molecule has 0 amide bonds.